The Morgan fingerprint density at radius 1 is 0.500 bits per heavy atom. The molecule has 0 aliphatic heterocycles. The summed E-state index contributed by atoms with van der Waals surface area (Å²) < 4.78 is 6.39. The van der Waals surface area contributed by atoms with Gasteiger partial charge in [-0.3, -0.25) is 0 Å². The second-order valence-electron chi connectivity index (χ2n) is 7.18. The molecule has 28 heavy (non-hydrogen) atoms. The number of unbranched alkanes of at least 4 members (excludes halogenated alkanes) is 1. The maximum atomic E-state index is 6.39. The van der Waals surface area contributed by atoms with Crippen LogP contribution in [0.15, 0.2) is 91.0 Å². The predicted octanol–water partition coefficient (Wildman–Crippen LogP) is 6.91. The lowest BCUT2D eigenvalue weighted by atomic mass is 10.1. The topological polar surface area (TPSA) is 9.23 Å². The minimum atomic E-state index is -0.379. The standard InChI is InChI=1S/C26H31OP/c1-4-12-24(13-5-1)18-10-11-21-27-28(22-19-25-14-6-2-7-15-25)23-20-26-16-8-3-9-17-26/h1-9,12-17H,10-11,18-23H2. The van der Waals surface area contributed by atoms with Crippen molar-refractivity contribution >= 4 is 8.15 Å². The van der Waals surface area contributed by atoms with Crippen molar-refractivity contribution in [1.82, 2.24) is 0 Å². The fourth-order valence-electron chi connectivity index (χ4n) is 3.31. The third-order valence-corrected chi connectivity index (χ3v) is 6.95. The lowest BCUT2D eigenvalue weighted by Gasteiger charge is -2.18. The summed E-state index contributed by atoms with van der Waals surface area (Å²) in [4.78, 5) is 0. The third kappa shape index (κ3) is 7.97. The Labute approximate surface area is 171 Å². The molecule has 0 bridgehead atoms. The van der Waals surface area contributed by atoms with Crippen molar-refractivity contribution in [2.45, 2.75) is 32.1 Å². The van der Waals surface area contributed by atoms with E-state index in [9.17, 15) is 0 Å². The van der Waals surface area contributed by atoms with Gasteiger partial charge in [-0.05, 0) is 61.1 Å². The minimum Gasteiger partial charge on any atom is -0.359 e. The smallest absolute Gasteiger partial charge is 0.0509 e. The monoisotopic (exact) mass is 390 g/mol. The van der Waals surface area contributed by atoms with Gasteiger partial charge in [0.05, 0.1) is 6.61 Å². The SMILES string of the molecule is c1ccc(CCCCOP(CCc2ccccc2)CCc2ccccc2)cc1. The largest absolute Gasteiger partial charge is 0.359 e. The summed E-state index contributed by atoms with van der Waals surface area (Å²) in [5.74, 6) is 0. The molecule has 0 heterocycles. The second-order valence-corrected chi connectivity index (χ2v) is 9.29. The third-order valence-electron chi connectivity index (χ3n) is 4.96. The molecule has 0 saturated carbocycles. The summed E-state index contributed by atoms with van der Waals surface area (Å²) in [7, 11) is -0.379. The zero-order chi connectivity index (χ0) is 19.3. The molecule has 0 aromatic heterocycles. The molecule has 2 heteroatoms. The van der Waals surface area contributed by atoms with Crippen LogP contribution in [0.4, 0.5) is 0 Å². The lowest BCUT2D eigenvalue weighted by molar-refractivity contribution is 0.338. The van der Waals surface area contributed by atoms with Gasteiger partial charge < -0.3 is 4.52 Å². The van der Waals surface area contributed by atoms with E-state index in [1.54, 1.807) is 0 Å². The molecule has 0 amide bonds. The highest BCUT2D eigenvalue weighted by molar-refractivity contribution is 7.52. The van der Waals surface area contributed by atoms with Crippen LogP contribution >= 0.6 is 8.15 Å². The first kappa shape index (κ1) is 20.8. The van der Waals surface area contributed by atoms with Gasteiger partial charge in [-0.2, -0.15) is 0 Å². The summed E-state index contributed by atoms with van der Waals surface area (Å²) in [5.41, 5.74) is 4.27. The molecule has 0 fully saturated rings. The quantitative estimate of drug-likeness (QED) is 0.241. The number of aryl methyl sites for hydroxylation is 3. The van der Waals surface area contributed by atoms with Gasteiger partial charge in [-0.25, -0.2) is 0 Å². The Morgan fingerprint density at radius 2 is 0.929 bits per heavy atom. The fraction of sp³-hybridized carbons (Fsp3) is 0.308. The van der Waals surface area contributed by atoms with Crippen molar-refractivity contribution in [3.63, 3.8) is 0 Å². The van der Waals surface area contributed by atoms with Crippen molar-refractivity contribution < 1.29 is 4.52 Å². The lowest BCUT2D eigenvalue weighted by Crippen LogP contribution is -2.02. The average Bonchev–Trinajstić information content (AvgIpc) is 2.77. The molecule has 3 aromatic rings. The van der Waals surface area contributed by atoms with E-state index < -0.39 is 0 Å². The number of hydrogen-bond acceptors (Lipinski definition) is 1. The van der Waals surface area contributed by atoms with Crippen molar-refractivity contribution in [3.05, 3.63) is 108 Å². The van der Waals surface area contributed by atoms with Crippen LogP contribution in [-0.4, -0.2) is 18.9 Å². The molecule has 3 aromatic carbocycles. The molecule has 3 rings (SSSR count). The van der Waals surface area contributed by atoms with Gasteiger partial charge >= 0.3 is 0 Å². The van der Waals surface area contributed by atoms with E-state index in [0.29, 0.717) is 0 Å². The zero-order valence-electron chi connectivity index (χ0n) is 16.7. The molecule has 0 aliphatic carbocycles. The highest BCUT2D eigenvalue weighted by Crippen LogP contribution is 2.38. The summed E-state index contributed by atoms with van der Waals surface area (Å²) in [6.07, 6.45) is 8.04. The Morgan fingerprint density at radius 3 is 1.39 bits per heavy atom. The van der Waals surface area contributed by atoms with Crippen LogP contribution in [0, 0.1) is 0 Å². The molecule has 0 spiro atoms. The maximum Gasteiger partial charge on any atom is 0.0509 e. The molecular weight excluding hydrogens is 359 g/mol. The second kappa shape index (κ2) is 12.5. The molecule has 0 unspecified atom stereocenters. The zero-order valence-corrected chi connectivity index (χ0v) is 17.6. The van der Waals surface area contributed by atoms with Crippen molar-refractivity contribution in [3.8, 4) is 0 Å². The Hall–Kier alpha value is -1.95. The van der Waals surface area contributed by atoms with E-state index in [-0.39, 0.29) is 8.15 Å². The Balaban J connectivity index is 1.42. The van der Waals surface area contributed by atoms with Crippen LogP contribution in [0.25, 0.3) is 0 Å². The van der Waals surface area contributed by atoms with Gasteiger partial charge in [0.25, 0.3) is 0 Å². The first-order valence-corrected chi connectivity index (χ1v) is 12.0. The predicted molar refractivity (Wildman–Crippen MR) is 122 cm³/mol. The van der Waals surface area contributed by atoms with Crippen molar-refractivity contribution in [2.24, 2.45) is 0 Å². The molecule has 0 radical (unpaired) electrons. The van der Waals surface area contributed by atoms with E-state index >= 15 is 0 Å². The number of hydrogen-bond donors (Lipinski definition) is 0. The first-order valence-electron chi connectivity index (χ1n) is 10.4. The summed E-state index contributed by atoms with van der Waals surface area (Å²) in [6.45, 7) is 0.891. The molecule has 0 N–H and O–H groups in total. The van der Waals surface area contributed by atoms with Gasteiger partial charge in [-0.15, -0.1) is 0 Å². The van der Waals surface area contributed by atoms with Gasteiger partial charge in [0.2, 0.25) is 0 Å². The number of benzene rings is 3. The number of rotatable bonds is 12. The van der Waals surface area contributed by atoms with E-state index in [1.807, 2.05) is 0 Å². The van der Waals surface area contributed by atoms with E-state index in [0.717, 1.165) is 44.6 Å². The van der Waals surface area contributed by atoms with Gasteiger partial charge in [0.15, 0.2) is 0 Å². The molecule has 0 aliphatic rings. The fourth-order valence-corrected chi connectivity index (χ4v) is 5.19. The average molecular weight is 391 g/mol. The molecular formula is C26H31OP. The van der Waals surface area contributed by atoms with E-state index in [1.165, 1.54) is 23.1 Å². The normalized spacial score (nSPS) is 11.0. The minimum absolute atomic E-state index is 0.379. The summed E-state index contributed by atoms with van der Waals surface area (Å²) in [6, 6.07) is 32.4. The van der Waals surface area contributed by atoms with Crippen LogP contribution < -0.4 is 0 Å². The van der Waals surface area contributed by atoms with Gasteiger partial charge in [0, 0.05) is 8.15 Å². The molecule has 1 nitrogen and oxygen atoms in total. The molecule has 0 saturated heterocycles. The Bertz CT molecular complexity index is 715. The molecule has 146 valence electrons. The van der Waals surface area contributed by atoms with Gasteiger partial charge in [-0.1, -0.05) is 91.0 Å². The highest BCUT2D eigenvalue weighted by atomic mass is 31.1. The van der Waals surface area contributed by atoms with Crippen LogP contribution in [0.2, 0.25) is 0 Å². The van der Waals surface area contributed by atoms with Crippen LogP contribution in [0.1, 0.15) is 29.5 Å². The summed E-state index contributed by atoms with van der Waals surface area (Å²) in [5, 5.41) is 0. The maximum absolute atomic E-state index is 6.39. The highest BCUT2D eigenvalue weighted by Gasteiger charge is 2.10. The van der Waals surface area contributed by atoms with Gasteiger partial charge in [0.1, 0.15) is 0 Å². The van der Waals surface area contributed by atoms with Crippen molar-refractivity contribution in [1.29, 1.82) is 0 Å². The summed E-state index contributed by atoms with van der Waals surface area (Å²) >= 11 is 0. The van der Waals surface area contributed by atoms with Crippen molar-refractivity contribution in [2.75, 3.05) is 18.9 Å². The van der Waals surface area contributed by atoms with E-state index in [4.69, 9.17) is 4.52 Å². The van der Waals surface area contributed by atoms with E-state index in [2.05, 4.69) is 91.0 Å². The van der Waals surface area contributed by atoms with Crippen LogP contribution in [-0.2, 0) is 23.8 Å². The Kier molecular flexibility index (Phi) is 9.27. The van der Waals surface area contributed by atoms with Crippen LogP contribution in [0.5, 0.6) is 0 Å². The van der Waals surface area contributed by atoms with Crippen LogP contribution in [0.3, 0.4) is 0 Å². The molecule has 0 atom stereocenters. The first-order chi connectivity index (χ1) is 13.9.